The van der Waals surface area contributed by atoms with Crippen molar-refractivity contribution in [3.8, 4) is 55.6 Å². The van der Waals surface area contributed by atoms with Gasteiger partial charge in [-0.1, -0.05) is 182 Å². The van der Waals surface area contributed by atoms with Crippen LogP contribution in [0.25, 0.3) is 99.5 Å². The number of nitrogens with zero attached hydrogens (tertiary/aromatic N) is 1. The molecule has 0 amide bonds. The van der Waals surface area contributed by atoms with Gasteiger partial charge >= 0.3 is 0 Å². The van der Waals surface area contributed by atoms with Crippen molar-refractivity contribution in [3.05, 3.63) is 237 Å². The molecule has 0 fully saturated rings. The smallest absolute Gasteiger partial charge is 0.159 e. The van der Waals surface area contributed by atoms with Crippen molar-refractivity contribution >= 4 is 60.9 Å². The predicted molar refractivity (Wildman–Crippen MR) is 263 cm³/mol. The van der Waals surface area contributed by atoms with Gasteiger partial charge in [0, 0.05) is 27.3 Å². The molecule has 0 spiro atoms. The Hall–Kier alpha value is -8.40. The number of benzene rings is 10. The topological polar surface area (TPSA) is 29.5 Å². The van der Waals surface area contributed by atoms with E-state index in [1.165, 1.54) is 0 Å². The third-order valence-corrected chi connectivity index (χ3v) is 12.3. The summed E-state index contributed by atoms with van der Waals surface area (Å²) in [6.07, 6.45) is 0. The highest BCUT2D eigenvalue weighted by Crippen LogP contribution is 2.51. The summed E-state index contributed by atoms with van der Waals surface area (Å²) < 4.78 is 14.2. The zero-order valence-corrected chi connectivity index (χ0v) is 34.3. The molecule has 12 rings (SSSR count). The molecule has 0 saturated heterocycles. The molecule has 3 heteroatoms. The quantitative estimate of drug-likeness (QED) is 0.153. The minimum Gasteiger partial charge on any atom is -0.455 e. The van der Waals surface area contributed by atoms with Gasteiger partial charge in [0.25, 0.3) is 0 Å². The fourth-order valence-electron chi connectivity index (χ4n) is 9.25. The normalized spacial score (nSPS) is 11.5. The van der Waals surface area contributed by atoms with E-state index in [1.54, 1.807) is 0 Å². The Labute approximate surface area is 365 Å². The molecular weight excluding hydrogens is 767 g/mol. The van der Waals surface area contributed by atoms with Crippen molar-refractivity contribution in [2.45, 2.75) is 0 Å². The lowest BCUT2D eigenvalue weighted by Crippen LogP contribution is -2.12. The van der Waals surface area contributed by atoms with Crippen LogP contribution in [0.15, 0.2) is 245 Å². The molecule has 0 aliphatic carbocycles. The van der Waals surface area contributed by atoms with E-state index in [2.05, 4.69) is 241 Å². The van der Waals surface area contributed by atoms with E-state index in [0.29, 0.717) is 0 Å². The summed E-state index contributed by atoms with van der Waals surface area (Å²) in [6, 6.07) is 83.9. The molecular formula is C60H39NO2. The van der Waals surface area contributed by atoms with Gasteiger partial charge in [0.2, 0.25) is 0 Å². The Morgan fingerprint density at radius 3 is 1.30 bits per heavy atom. The first-order valence-electron chi connectivity index (χ1n) is 21.4. The van der Waals surface area contributed by atoms with Crippen LogP contribution in [0.4, 0.5) is 17.1 Å². The standard InChI is InChI=1S/C60H39NO2/c1-6-17-40(18-7-1)45-31-35-53(52(37-45)44-25-14-5-15-26-44)61(55-28-16-27-50-49-32-29-46(38-56(49)62-59(50)55)41-19-8-2-9-20-41)54-36-34-48(43-23-12-4-13-24-43)60-58(54)51-33-30-47(39-57(51)63-60)42-21-10-3-11-22-42/h1-39H. The monoisotopic (exact) mass is 805 g/mol. The summed E-state index contributed by atoms with van der Waals surface area (Å²) in [4.78, 5) is 2.40. The van der Waals surface area contributed by atoms with Crippen LogP contribution in [-0.4, -0.2) is 0 Å². The van der Waals surface area contributed by atoms with Crippen LogP contribution in [0.5, 0.6) is 0 Å². The van der Waals surface area contributed by atoms with E-state index >= 15 is 0 Å². The molecule has 0 saturated carbocycles. The number of hydrogen-bond acceptors (Lipinski definition) is 3. The van der Waals surface area contributed by atoms with E-state index in [9.17, 15) is 0 Å². The summed E-state index contributed by atoms with van der Waals surface area (Å²) >= 11 is 0. The van der Waals surface area contributed by atoms with Crippen LogP contribution in [0, 0.1) is 0 Å². The second-order valence-electron chi connectivity index (χ2n) is 16.0. The maximum atomic E-state index is 7.10. The number of para-hydroxylation sites is 1. The number of furan rings is 2. The van der Waals surface area contributed by atoms with Crippen molar-refractivity contribution < 1.29 is 8.83 Å². The van der Waals surface area contributed by atoms with Crippen molar-refractivity contribution in [1.29, 1.82) is 0 Å². The van der Waals surface area contributed by atoms with Gasteiger partial charge in [-0.25, -0.2) is 0 Å². The molecule has 296 valence electrons. The second-order valence-corrected chi connectivity index (χ2v) is 16.0. The molecule has 0 atom stereocenters. The summed E-state index contributed by atoms with van der Waals surface area (Å²) in [5, 5.41) is 4.18. The van der Waals surface area contributed by atoms with Gasteiger partial charge in [-0.15, -0.1) is 0 Å². The first-order chi connectivity index (χ1) is 31.2. The van der Waals surface area contributed by atoms with Gasteiger partial charge in [0.15, 0.2) is 5.58 Å². The molecule has 63 heavy (non-hydrogen) atoms. The Morgan fingerprint density at radius 1 is 0.254 bits per heavy atom. The lowest BCUT2D eigenvalue weighted by Gasteiger charge is -2.29. The van der Waals surface area contributed by atoms with Crippen LogP contribution < -0.4 is 4.90 Å². The number of anilines is 3. The first kappa shape index (κ1) is 36.5. The first-order valence-corrected chi connectivity index (χ1v) is 21.4. The molecule has 0 aliphatic rings. The number of rotatable bonds is 8. The van der Waals surface area contributed by atoms with Gasteiger partial charge < -0.3 is 13.7 Å². The highest BCUT2D eigenvalue weighted by Gasteiger charge is 2.27. The van der Waals surface area contributed by atoms with Crippen molar-refractivity contribution in [2.75, 3.05) is 4.90 Å². The molecule has 12 aromatic rings. The highest BCUT2D eigenvalue weighted by molar-refractivity contribution is 6.19. The van der Waals surface area contributed by atoms with Crippen LogP contribution in [0.1, 0.15) is 0 Å². The van der Waals surface area contributed by atoms with Crippen LogP contribution in [0.2, 0.25) is 0 Å². The minimum absolute atomic E-state index is 0.809. The molecule has 0 bridgehead atoms. The van der Waals surface area contributed by atoms with Crippen LogP contribution in [0.3, 0.4) is 0 Å². The third-order valence-electron chi connectivity index (χ3n) is 12.3. The van der Waals surface area contributed by atoms with Gasteiger partial charge in [0.05, 0.1) is 22.4 Å². The van der Waals surface area contributed by atoms with E-state index in [-0.39, 0.29) is 0 Å². The SMILES string of the molecule is c1ccc(-c2ccc(N(c3cccc4c3oc3cc(-c5ccccc5)ccc34)c3ccc(-c4ccccc4)c4oc5cc(-c6ccccc6)ccc5c34)c(-c3ccccc3)c2)cc1. The zero-order chi connectivity index (χ0) is 41.7. The van der Waals surface area contributed by atoms with Gasteiger partial charge in [0.1, 0.15) is 16.7 Å². The average molecular weight is 806 g/mol. The summed E-state index contributed by atoms with van der Waals surface area (Å²) in [7, 11) is 0. The fourth-order valence-corrected chi connectivity index (χ4v) is 9.25. The molecule has 10 aromatic carbocycles. The van der Waals surface area contributed by atoms with E-state index in [0.717, 1.165) is 117 Å². The predicted octanol–water partition coefficient (Wildman–Crippen LogP) is 17.3. The van der Waals surface area contributed by atoms with Crippen molar-refractivity contribution in [3.63, 3.8) is 0 Å². The minimum atomic E-state index is 0.809. The Balaban J connectivity index is 1.17. The fraction of sp³-hybridized carbons (Fsp3) is 0. The summed E-state index contributed by atoms with van der Waals surface area (Å²) in [5.41, 5.74) is 17.4. The van der Waals surface area contributed by atoms with Crippen molar-refractivity contribution in [1.82, 2.24) is 0 Å². The molecule has 0 aliphatic heterocycles. The highest BCUT2D eigenvalue weighted by atomic mass is 16.3. The molecule has 3 nitrogen and oxygen atoms in total. The zero-order valence-electron chi connectivity index (χ0n) is 34.3. The van der Waals surface area contributed by atoms with Crippen LogP contribution in [-0.2, 0) is 0 Å². The number of fused-ring (bicyclic) bond motifs is 6. The maximum absolute atomic E-state index is 7.10. The summed E-state index contributed by atoms with van der Waals surface area (Å²) in [5.74, 6) is 0. The van der Waals surface area contributed by atoms with E-state index < -0.39 is 0 Å². The Bertz CT molecular complexity index is 3590. The average Bonchev–Trinajstić information content (AvgIpc) is 3.94. The second kappa shape index (κ2) is 15.3. The van der Waals surface area contributed by atoms with Gasteiger partial charge in [-0.3, -0.25) is 0 Å². The maximum Gasteiger partial charge on any atom is 0.159 e. The molecule has 0 unspecified atom stereocenters. The third kappa shape index (κ3) is 6.38. The largest absolute Gasteiger partial charge is 0.455 e. The summed E-state index contributed by atoms with van der Waals surface area (Å²) in [6.45, 7) is 0. The Kier molecular flexibility index (Phi) is 8.83. The van der Waals surface area contributed by atoms with Gasteiger partial charge in [-0.2, -0.15) is 0 Å². The van der Waals surface area contributed by atoms with E-state index in [4.69, 9.17) is 8.83 Å². The van der Waals surface area contributed by atoms with Gasteiger partial charge in [-0.05, 0) is 99.1 Å². The van der Waals surface area contributed by atoms with E-state index in [1.807, 2.05) is 0 Å². The lowest BCUT2D eigenvalue weighted by atomic mass is 9.95. The Morgan fingerprint density at radius 2 is 0.714 bits per heavy atom. The molecule has 0 radical (unpaired) electrons. The molecule has 2 aromatic heterocycles. The lowest BCUT2D eigenvalue weighted by molar-refractivity contribution is 0.668. The number of hydrogen-bond donors (Lipinski definition) is 0. The van der Waals surface area contributed by atoms with Crippen LogP contribution >= 0.6 is 0 Å². The van der Waals surface area contributed by atoms with Crippen molar-refractivity contribution in [2.24, 2.45) is 0 Å². The molecule has 0 N–H and O–H groups in total. The molecule has 2 heterocycles.